The van der Waals surface area contributed by atoms with Crippen LogP contribution in [0.25, 0.3) is 22.5 Å². The Morgan fingerprint density at radius 3 is 1.88 bits per heavy atom. The number of nitrogens with zero attached hydrogens (tertiary/aromatic N) is 9. The van der Waals surface area contributed by atoms with Crippen LogP contribution in [0.1, 0.15) is 17.1 Å². The summed E-state index contributed by atoms with van der Waals surface area (Å²) in [7, 11) is 0. The third kappa shape index (κ3) is 10.3. The van der Waals surface area contributed by atoms with Crippen molar-refractivity contribution in [2.45, 2.75) is 19.6 Å². The molecule has 1 radical (unpaired) electrons. The number of pyridine rings is 2. The molecule has 3 aromatic heterocycles. The molecule has 1 fully saturated rings. The first kappa shape index (κ1) is 37.4. The van der Waals surface area contributed by atoms with Crippen molar-refractivity contribution in [3.05, 3.63) is 77.9 Å². The second-order valence-electron chi connectivity index (χ2n) is 12.3. The normalized spacial score (nSPS) is 19.0. The Kier molecular flexibility index (Phi) is 13.4. The molecule has 271 valence electrons. The molecule has 4 aromatic rings. The van der Waals surface area contributed by atoms with Crippen molar-refractivity contribution in [1.29, 1.82) is 0 Å². The van der Waals surface area contributed by atoms with E-state index in [0.717, 1.165) is 33.9 Å². The molecule has 0 unspecified atom stereocenters. The quantitative estimate of drug-likeness (QED) is 0.256. The summed E-state index contributed by atoms with van der Waals surface area (Å²) in [5.41, 5.74) is 5.61. The van der Waals surface area contributed by atoms with E-state index in [1.165, 1.54) is 0 Å². The Labute approximate surface area is 318 Å². The number of carbonyl (C=O) groups is 3. The summed E-state index contributed by atoms with van der Waals surface area (Å²) in [4.78, 5) is 52.9. The predicted octanol–water partition coefficient (Wildman–Crippen LogP) is 1.39. The van der Waals surface area contributed by atoms with Gasteiger partial charge in [-0.3, -0.25) is 39.0 Å². The Morgan fingerprint density at radius 2 is 1.30 bits per heavy atom. The Morgan fingerprint density at radius 1 is 0.720 bits per heavy atom. The molecule has 0 aliphatic carbocycles. The van der Waals surface area contributed by atoms with E-state index in [9.17, 15) is 24.6 Å². The molecule has 7 rings (SSSR count). The van der Waals surface area contributed by atoms with Gasteiger partial charge in [-0.15, -0.1) is 5.10 Å². The molecule has 50 heavy (non-hydrogen) atoms. The maximum Gasteiger partial charge on any atom is 0.317 e. The minimum atomic E-state index is -0.886. The second-order valence-corrected chi connectivity index (χ2v) is 12.3. The number of aromatic nitrogens is 5. The molecular formula is C34H39LuN9O6. The third-order valence-electron chi connectivity index (χ3n) is 8.72. The summed E-state index contributed by atoms with van der Waals surface area (Å²) >= 11 is 0. The van der Waals surface area contributed by atoms with Crippen molar-refractivity contribution in [3.63, 3.8) is 0 Å². The number of fused-ring (bicyclic) bond motifs is 8. The first-order valence-corrected chi connectivity index (χ1v) is 16.2. The van der Waals surface area contributed by atoms with Gasteiger partial charge in [0.2, 0.25) is 0 Å². The summed E-state index contributed by atoms with van der Waals surface area (Å²) in [5, 5.41) is 28.1. The van der Waals surface area contributed by atoms with Crippen LogP contribution in [0.3, 0.4) is 0 Å². The topological polar surface area (TPSA) is 170 Å². The molecule has 1 saturated heterocycles. The van der Waals surface area contributed by atoms with Crippen LogP contribution in [0.5, 0.6) is 5.75 Å². The van der Waals surface area contributed by atoms with E-state index >= 15 is 0 Å². The van der Waals surface area contributed by atoms with Gasteiger partial charge in [-0.25, -0.2) is 9.67 Å². The molecule has 1 aromatic carbocycles. The number of carboxylic acids is 2. The van der Waals surface area contributed by atoms with Gasteiger partial charge in [0, 0.05) is 102 Å². The van der Waals surface area contributed by atoms with E-state index in [0.29, 0.717) is 89.9 Å². The number of aliphatic carboxylic acids is 2. The average Bonchev–Trinajstić information content (AvgIpc) is 3.53. The number of carbonyl (C=O) groups excluding carboxylic acids is 1. The fourth-order valence-electron chi connectivity index (χ4n) is 6.25. The Hall–Kier alpha value is -3.86. The molecule has 0 amide bonds. The number of ether oxygens (including phenoxy) is 1. The SMILES string of the molecule is O=COc1ccc(-c2cc3nc(c2)Cn2nncc2-c2cccc(n2)CN2CCN(CC(=O)O)CCN(CCN(CC(=O)O)CC2)C3)cc1.[Lu]. The van der Waals surface area contributed by atoms with Crippen molar-refractivity contribution in [2.24, 2.45) is 0 Å². The van der Waals surface area contributed by atoms with E-state index in [4.69, 9.17) is 14.7 Å². The monoisotopic (exact) mass is 844 g/mol. The predicted molar refractivity (Wildman–Crippen MR) is 177 cm³/mol. The zero-order chi connectivity index (χ0) is 34.2. The number of carboxylic acid groups (broad SMARTS) is 2. The largest absolute Gasteiger partial charge is 0.480 e. The van der Waals surface area contributed by atoms with Crippen LogP contribution in [-0.4, -0.2) is 139 Å². The summed E-state index contributed by atoms with van der Waals surface area (Å²) < 4.78 is 6.79. The second kappa shape index (κ2) is 17.9. The Bertz CT molecular complexity index is 1740. The third-order valence-corrected chi connectivity index (χ3v) is 8.72. The van der Waals surface area contributed by atoms with Gasteiger partial charge < -0.3 is 14.9 Å². The Balaban J connectivity index is 0.00000486. The molecule has 15 nitrogen and oxygen atoms in total. The van der Waals surface area contributed by atoms with Crippen LogP contribution in [0, 0.1) is 36.9 Å². The summed E-state index contributed by atoms with van der Waals surface area (Å²) in [6.45, 7) is 5.89. The van der Waals surface area contributed by atoms with Gasteiger partial charge in [0.25, 0.3) is 6.47 Å². The molecule has 0 spiro atoms. The number of hydrogen-bond acceptors (Lipinski definition) is 12. The maximum atomic E-state index is 11.9. The molecule has 3 aliphatic rings. The maximum absolute atomic E-state index is 11.9. The van der Waals surface area contributed by atoms with Gasteiger partial charge in [-0.1, -0.05) is 23.4 Å². The van der Waals surface area contributed by atoms with Gasteiger partial charge in [0.1, 0.15) is 11.4 Å². The van der Waals surface area contributed by atoms with Gasteiger partial charge in [0.15, 0.2) is 0 Å². The summed E-state index contributed by atoms with van der Waals surface area (Å²) in [6.07, 6.45) is 1.69. The molecule has 2 N–H and O–H groups in total. The van der Waals surface area contributed by atoms with Crippen LogP contribution in [0.2, 0.25) is 0 Å². The molecular weight excluding hydrogens is 805 g/mol. The molecule has 0 saturated carbocycles. The van der Waals surface area contributed by atoms with Crippen LogP contribution in [0.15, 0.2) is 60.8 Å². The average molecular weight is 845 g/mol. The van der Waals surface area contributed by atoms with Crippen LogP contribution in [0.4, 0.5) is 0 Å². The standard InChI is InChI=1S/C34H39N9O6.Lu/c44-24-49-30-6-4-25(5-7-30)26-16-28-20-40-10-14-41(22-33(45)46)12-8-39(9-13-42(15-11-40)23-34(47)48)19-27-2-1-3-31(37-27)32-18-35-38-43(32)21-29(17-26)36-28;/h1-7,16-18,24H,8-15,19-23H2,(H,45,46)(H,47,48);. The summed E-state index contributed by atoms with van der Waals surface area (Å²) in [6, 6.07) is 17.0. The van der Waals surface area contributed by atoms with Gasteiger partial charge in [-0.05, 0) is 47.5 Å². The molecule has 16 heteroatoms. The van der Waals surface area contributed by atoms with E-state index in [2.05, 4.69) is 20.1 Å². The van der Waals surface area contributed by atoms with Crippen molar-refractivity contribution in [2.75, 3.05) is 65.4 Å². The van der Waals surface area contributed by atoms with Crippen LogP contribution in [-0.2, 0) is 34.0 Å². The first-order valence-electron chi connectivity index (χ1n) is 16.2. The number of benzene rings is 1. The van der Waals surface area contributed by atoms with E-state index < -0.39 is 11.9 Å². The first-order chi connectivity index (χ1) is 23.8. The minimum absolute atomic E-state index is 0. The smallest absolute Gasteiger partial charge is 0.317 e. The van der Waals surface area contributed by atoms with Gasteiger partial charge in [-0.2, -0.15) is 0 Å². The molecule has 3 aliphatic heterocycles. The number of rotatable bonds is 7. The van der Waals surface area contributed by atoms with Crippen molar-refractivity contribution in [1.82, 2.24) is 44.6 Å². The minimum Gasteiger partial charge on any atom is -0.480 e. The molecule has 0 atom stereocenters. The van der Waals surface area contributed by atoms with Gasteiger partial charge >= 0.3 is 11.9 Å². The fourth-order valence-corrected chi connectivity index (χ4v) is 6.25. The van der Waals surface area contributed by atoms with Crippen molar-refractivity contribution >= 4 is 18.4 Å². The fraction of sp³-hybridized carbons (Fsp3) is 0.382. The number of hydrogen-bond donors (Lipinski definition) is 2. The van der Waals surface area contributed by atoms with Gasteiger partial charge in [0.05, 0.1) is 48.6 Å². The van der Waals surface area contributed by atoms with Crippen molar-refractivity contribution in [3.8, 4) is 28.3 Å². The molecule has 6 bridgehead atoms. The van der Waals surface area contributed by atoms with Crippen LogP contribution >= 0.6 is 0 Å². The van der Waals surface area contributed by atoms with E-state index in [1.54, 1.807) is 23.0 Å². The zero-order valence-electron chi connectivity index (χ0n) is 27.4. The van der Waals surface area contributed by atoms with E-state index in [-0.39, 0.29) is 50.0 Å². The van der Waals surface area contributed by atoms with Crippen LogP contribution < -0.4 is 4.74 Å². The molecule has 6 heterocycles. The van der Waals surface area contributed by atoms with Crippen molar-refractivity contribution < 1.29 is 66.2 Å². The summed E-state index contributed by atoms with van der Waals surface area (Å²) in [5.74, 6) is -1.34. The zero-order valence-corrected chi connectivity index (χ0v) is 29.0. The van der Waals surface area contributed by atoms with E-state index in [1.807, 2.05) is 52.3 Å².